The Morgan fingerprint density at radius 3 is 2.84 bits per heavy atom. The van der Waals surface area contributed by atoms with Crippen molar-refractivity contribution >= 4 is 27.8 Å². The molecule has 1 aromatic rings. The number of carbonyl (C=O) groups excluding carboxylic acids is 1. The van der Waals surface area contributed by atoms with Crippen LogP contribution in [0.1, 0.15) is 29.8 Å². The van der Waals surface area contributed by atoms with E-state index in [1.165, 1.54) is 0 Å². The van der Waals surface area contributed by atoms with Crippen LogP contribution >= 0.6 is 15.9 Å². The van der Waals surface area contributed by atoms with Gasteiger partial charge in [-0.15, -0.1) is 0 Å². The molecule has 2 atom stereocenters. The third kappa shape index (κ3) is 3.53. The first-order valence-electron chi connectivity index (χ1n) is 6.20. The summed E-state index contributed by atoms with van der Waals surface area (Å²) in [6.45, 7) is 0.396. The molecule has 2 rings (SSSR count). The Morgan fingerprint density at radius 2 is 2.21 bits per heavy atom. The molecular formula is C13H15BrN2O3. The fraction of sp³-hybridized carbons (Fsp3) is 0.462. The van der Waals surface area contributed by atoms with E-state index in [-0.39, 0.29) is 17.7 Å². The molecule has 6 heteroatoms. The highest BCUT2D eigenvalue weighted by Gasteiger charge is 2.32. The number of pyridine rings is 1. The molecule has 2 unspecified atom stereocenters. The summed E-state index contributed by atoms with van der Waals surface area (Å²) in [6, 6.07) is 3.38. The molecule has 1 aliphatic carbocycles. The Labute approximate surface area is 119 Å². The van der Waals surface area contributed by atoms with Crippen LogP contribution in [-0.4, -0.2) is 28.5 Å². The third-order valence-corrected chi connectivity index (χ3v) is 3.93. The van der Waals surface area contributed by atoms with E-state index in [1.54, 1.807) is 18.3 Å². The SMILES string of the molecule is O=C(NCC1CCCC1C(=O)O)c1ccc(Br)cn1. The van der Waals surface area contributed by atoms with Crippen LogP contribution in [0, 0.1) is 11.8 Å². The number of carbonyl (C=O) groups is 2. The minimum Gasteiger partial charge on any atom is -0.481 e. The van der Waals surface area contributed by atoms with Crippen molar-refractivity contribution in [3.05, 3.63) is 28.5 Å². The second-order valence-electron chi connectivity index (χ2n) is 4.71. The smallest absolute Gasteiger partial charge is 0.306 e. The molecule has 19 heavy (non-hydrogen) atoms. The van der Waals surface area contributed by atoms with Crippen LogP contribution in [0.5, 0.6) is 0 Å². The number of amides is 1. The third-order valence-electron chi connectivity index (χ3n) is 3.46. The van der Waals surface area contributed by atoms with Crippen molar-refractivity contribution in [1.29, 1.82) is 0 Å². The average molecular weight is 327 g/mol. The van der Waals surface area contributed by atoms with Gasteiger partial charge in [-0.3, -0.25) is 9.59 Å². The fourth-order valence-corrected chi connectivity index (χ4v) is 2.67. The highest BCUT2D eigenvalue weighted by Crippen LogP contribution is 2.31. The van der Waals surface area contributed by atoms with Crippen LogP contribution in [0.25, 0.3) is 0 Å². The number of carboxylic acid groups (broad SMARTS) is 1. The summed E-state index contributed by atoms with van der Waals surface area (Å²) in [6.07, 6.45) is 4.02. The van der Waals surface area contributed by atoms with Crippen LogP contribution < -0.4 is 5.32 Å². The van der Waals surface area contributed by atoms with Gasteiger partial charge in [0.05, 0.1) is 5.92 Å². The van der Waals surface area contributed by atoms with E-state index >= 15 is 0 Å². The number of aromatic nitrogens is 1. The van der Waals surface area contributed by atoms with Gasteiger partial charge in [0.15, 0.2) is 0 Å². The average Bonchev–Trinajstić information content (AvgIpc) is 2.85. The number of hydrogen-bond donors (Lipinski definition) is 2. The summed E-state index contributed by atoms with van der Waals surface area (Å²) in [5.41, 5.74) is 0.341. The predicted molar refractivity (Wildman–Crippen MR) is 72.7 cm³/mol. The standard InChI is InChI=1S/C13H15BrN2O3/c14-9-4-5-11(15-7-9)12(17)16-6-8-2-1-3-10(8)13(18)19/h4-5,7-8,10H,1-3,6H2,(H,16,17)(H,18,19). The maximum Gasteiger partial charge on any atom is 0.306 e. The van der Waals surface area contributed by atoms with Gasteiger partial charge < -0.3 is 10.4 Å². The van der Waals surface area contributed by atoms with Gasteiger partial charge in [0.2, 0.25) is 0 Å². The first kappa shape index (κ1) is 14.0. The first-order chi connectivity index (χ1) is 9.08. The number of hydrogen-bond acceptors (Lipinski definition) is 3. The Hall–Kier alpha value is -1.43. The number of halogens is 1. The lowest BCUT2D eigenvalue weighted by atomic mass is 9.96. The second kappa shape index (κ2) is 6.14. The molecule has 1 saturated carbocycles. The van der Waals surface area contributed by atoms with Gasteiger partial charge in [0, 0.05) is 17.2 Å². The molecule has 102 valence electrons. The molecule has 1 fully saturated rings. The summed E-state index contributed by atoms with van der Waals surface area (Å²) in [5.74, 6) is -1.34. The Balaban J connectivity index is 1.90. The van der Waals surface area contributed by atoms with Crippen molar-refractivity contribution in [1.82, 2.24) is 10.3 Å². The van der Waals surface area contributed by atoms with Gasteiger partial charge in [-0.2, -0.15) is 0 Å². The lowest BCUT2D eigenvalue weighted by molar-refractivity contribution is -0.142. The van der Waals surface area contributed by atoms with E-state index < -0.39 is 5.97 Å². The molecule has 1 amide bonds. The van der Waals surface area contributed by atoms with E-state index in [0.717, 1.165) is 17.3 Å². The molecular weight excluding hydrogens is 312 g/mol. The molecule has 2 N–H and O–H groups in total. The van der Waals surface area contributed by atoms with Crippen molar-refractivity contribution in [3.63, 3.8) is 0 Å². The highest BCUT2D eigenvalue weighted by molar-refractivity contribution is 9.10. The molecule has 0 radical (unpaired) electrons. The first-order valence-corrected chi connectivity index (χ1v) is 7.00. The fourth-order valence-electron chi connectivity index (χ4n) is 2.43. The maximum absolute atomic E-state index is 11.9. The summed E-state index contributed by atoms with van der Waals surface area (Å²) < 4.78 is 0.811. The summed E-state index contributed by atoms with van der Waals surface area (Å²) in [7, 11) is 0. The number of aliphatic carboxylic acids is 1. The minimum atomic E-state index is -0.765. The lowest BCUT2D eigenvalue weighted by Crippen LogP contribution is -2.33. The normalized spacial score (nSPS) is 22.2. The minimum absolute atomic E-state index is 0.0249. The van der Waals surface area contributed by atoms with E-state index in [9.17, 15) is 9.59 Å². The van der Waals surface area contributed by atoms with Gasteiger partial charge in [-0.05, 0) is 46.8 Å². The lowest BCUT2D eigenvalue weighted by Gasteiger charge is -2.16. The zero-order valence-electron chi connectivity index (χ0n) is 10.3. The molecule has 5 nitrogen and oxygen atoms in total. The molecule has 0 spiro atoms. The van der Waals surface area contributed by atoms with Crippen molar-refractivity contribution in [2.45, 2.75) is 19.3 Å². The molecule has 1 aromatic heterocycles. The predicted octanol–water partition coefficient (Wildman–Crippen LogP) is 2.07. The summed E-state index contributed by atoms with van der Waals surface area (Å²) in [4.78, 5) is 26.9. The molecule has 1 heterocycles. The quantitative estimate of drug-likeness (QED) is 0.887. The zero-order chi connectivity index (χ0) is 13.8. The van der Waals surface area contributed by atoms with E-state index in [1.807, 2.05) is 0 Å². The number of rotatable bonds is 4. The van der Waals surface area contributed by atoms with E-state index in [0.29, 0.717) is 18.7 Å². The van der Waals surface area contributed by atoms with Gasteiger partial charge in [0.25, 0.3) is 5.91 Å². The van der Waals surface area contributed by atoms with Crippen molar-refractivity contribution in [3.8, 4) is 0 Å². The van der Waals surface area contributed by atoms with Gasteiger partial charge >= 0.3 is 5.97 Å². The summed E-state index contributed by atoms with van der Waals surface area (Å²) in [5, 5.41) is 11.8. The Bertz CT molecular complexity index is 475. The molecule has 0 aliphatic heterocycles. The highest BCUT2D eigenvalue weighted by atomic mass is 79.9. The van der Waals surface area contributed by atoms with Crippen LogP contribution in [0.4, 0.5) is 0 Å². The largest absolute Gasteiger partial charge is 0.481 e. The molecule has 1 aliphatic rings. The van der Waals surface area contributed by atoms with Crippen LogP contribution in [0.2, 0.25) is 0 Å². The molecule has 0 aromatic carbocycles. The topological polar surface area (TPSA) is 79.3 Å². The van der Waals surface area contributed by atoms with E-state index in [2.05, 4.69) is 26.2 Å². The van der Waals surface area contributed by atoms with Crippen LogP contribution in [0.3, 0.4) is 0 Å². The van der Waals surface area contributed by atoms with E-state index in [4.69, 9.17) is 5.11 Å². The monoisotopic (exact) mass is 326 g/mol. The molecule has 0 saturated heterocycles. The molecule has 0 bridgehead atoms. The van der Waals surface area contributed by atoms with Crippen LogP contribution in [0.15, 0.2) is 22.8 Å². The van der Waals surface area contributed by atoms with Gasteiger partial charge in [-0.1, -0.05) is 6.42 Å². The number of nitrogens with one attached hydrogen (secondary N) is 1. The number of nitrogens with zero attached hydrogens (tertiary/aromatic N) is 1. The van der Waals surface area contributed by atoms with Gasteiger partial charge in [-0.25, -0.2) is 4.98 Å². The second-order valence-corrected chi connectivity index (χ2v) is 5.62. The van der Waals surface area contributed by atoms with Crippen molar-refractivity contribution in [2.75, 3.05) is 6.54 Å². The number of carboxylic acids is 1. The van der Waals surface area contributed by atoms with Crippen molar-refractivity contribution in [2.24, 2.45) is 11.8 Å². The van der Waals surface area contributed by atoms with Crippen molar-refractivity contribution < 1.29 is 14.7 Å². The Morgan fingerprint density at radius 1 is 1.42 bits per heavy atom. The maximum atomic E-state index is 11.9. The zero-order valence-corrected chi connectivity index (χ0v) is 11.9. The van der Waals surface area contributed by atoms with Crippen LogP contribution in [-0.2, 0) is 4.79 Å². The Kier molecular flexibility index (Phi) is 4.52. The summed E-state index contributed by atoms with van der Waals surface area (Å²) >= 11 is 3.25. The van der Waals surface area contributed by atoms with Gasteiger partial charge in [0.1, 0.15) is 5.69 Å².